The summed E-state index contributed by atoms with van der Waals surface area (Å²) in [5.74, 6) is 0.949. The third kappa shape index (κ3) is 2.61. The van der Waals surface area contributed by atoms with Gasteiger partial charge >= 0.3 is 0 Å². The molecule has 2 heterocycles. The number of nitrogen functional groups attached to an aromatic ring is 1. The number of hydrogen-bond donors (Lipinski definition) is 2. The van der Waals surface area contributed by atoms with E-state index in [-0.39, 0.29) is 18.0 Å². The predicted octanol–water partition coefficient (Wildman–Crippen LogP) is 3.97. The molecule has 5 nitrogen and oxygen atoms in total. The number of benzene rings is 2. The molecule has 0 spiro atoms. The molecule has 0 saturated heterocycles. The fourth-order valence-electron chi connectivity index (χ4n) is 3.31. The number of nitrogens with two attached hydrogens (primary N) is 1. The van der Waals surface area contributed by atoms with Gasteiger partial charge in [-0.2, -0.15) is 4.98 Å². The van der Waals surface area contributed by atoms with E-state index >= 15 is 0 Å². The molecule has 1 aliphatic heterocycles. The first-order valence-electron chi connectivity index (χ1n) is 7.91. The molecule has 3 N–H and O–H groups in total. The van der Waals surface area contributed by atoms with E-state index < -0.39 is 0 Å². The Morgan fingerprint density at radius 1 is 1.21 bits per heavy atom. The van der Waals surface area contributed by atoms with E-state index in [1.165, 1.54) is 11.1 Å². The zero-order valence-electron chi connectivity index (χ0n) is 13.3. The van der Waals surface area contributed by atoms with Crippen LogP contribution in [0.4, 0.5) is 11.9 Å². The van der Waals surface area contributed by atoms with Crippen molar-refractivity contribution < 1.29 is 0 Å². The van der Waals surface area contributed by atoms with Crippen LogP contribution < -0.4 is 11.1 Å². The topological polar surface area (TPSA) is 68.8 Å². The molecule has 0 aliphatic carbocycles. The highest BCUT2D eigenvalue weighted by Gasteiger charge is 2.31. The normalized spacial score (nSPS) is 19.6. The minimum absolute atomic E-state index is 0.0558. The van der Waals surface area contributed by atoms with Crippen molar-refractivity contribution in [1.29, 1.82) is 0 Å². The van der Waals surface area contributed by atoms with E-state index in [1.807, 2.05) is 28.9 Å². The Balaban J connectivity index is 1.79. The fraction of sp³-hybridized carbons (Fsp3) is 0.222. The number of nitrogens with zero attached hydrogens (tertiary/aromatic N) is 3. The summed E-state index contributed by atoms with van der Waals surface area (Å²) in [6.07, 6.45) is 0.822. The van der Waals surface area contributed by atoms with E-state index in [0.717, 1.165) is 17.0 Å². The van der Waals surface area contributed by atoms with Crippen LogP contribution >= 0.6 is 11.6 Å². The summed E-state index contributed by atoms with van der Waals surface area (Å²) in [7, 11) is 0. The third-order valence-electron chi connectivity index (χ3n) is 4.41. The molecule has 0 radical (unpaired) electrons. The second-order valence-electron chi connectivity index (χ2n) is 6.12. The van der Waals surface area contributed by atoms with Gasteiger partial charge in [-0.25, -0.2) is 4.68 Å². The Hall–Kier alpha value is -2.53. The molecule has 0 fully saturated rings. The Bertz CT molecular complexity index is 889. The van der Waals surface area contributed by atoms with Gasteiger partial charge in [0.25, 0.3) is 0 Å². The van der Waals surface area contributed by atoms with Gasteiger partial charge in [-0.15, -0.1) is 5.10 Å². The molecule has 3 aromatic rings. The average molecular weight is 340 g/mol. The van der Waals surface area contributed by atoms with Crippen molar-refractivity contribution in [1.82, 2.24) is 14.8 Å². The maximum absolute atomic E-state index is 6.40. The molecule has 6 heteroatoms. The summed E-state index contributed by atoms with van der Waals surface area (Å²) in [5, 5.41) is 8.54. The highest BCUT2D eigenvalue weighted by Crippen LogP contribution is 2.39. The molecular weight excluding hydrogens is 322 g/mol. The first-order chi connectivity index (χ1) is 11.6. The SMILES string of the molecule is Cc1cccc(C2CC(c3ccccc3Cl)Nc3nc(N)nn32)c1. The summed E-state index contributed by atoms with van der Waals surface area (Å²) in [6, 6.07) is 16.5. The number of fused-ring (bicyclic) bond motifs is 1. The summed E-state index contributed by atoms with van der Waals surface area (Å²) in [5.41, 5.74) is 9.31. The van der Waals surface area contributed by atoms with Gasteiger partial charge < -0.3 is 11.1 Å². The van der Waals surface area contributed by atoms with Crippen LogP contribution in [0, 0.1) is 6.92 Å². The second-order valence-corrected chi connectivity index (χ2v) is 6.53. The molecule has 2 aromatic carbocycles. The van der Waals surface area contributed by atoms with Gasteiger partial charge in [-0.05, 0) is 30.5 Å². The van der Waals surface area contributed by atoms with E-state index in [2.05, 4.69) is 46.6 Å². The quantitative estimate of drug-likeness (QED) is 0.741. The Morgan fingerprint density at radius 2 is 2.04 bits per heavy atom. The molecular formula is C18H18ClN5. The standard InChI is InChI=1S/C18H18ClN5/c1-11-5-4-6-12(9-11)16-10-15(13-7-2-3-8-14(13)19)21-18-22-17(20)23-24(16)18/h2-9,15-16H,10H2,1H3,(H3,20,21,22,23). The molecule has 2 unspecified atom stereocenters. The number of nitrogens with one attached hydrogen (secondary N) is 1. The summed E-state index contributed by atoms with van der Waals surface area (Å²) >= 11 is 6.40. The minimum atomic E-state index is 0.0558. The maximum atomic E-state index is 6.40. The fourth-order valence-corrected chi connectivity index (χ4v) is 3.58. The summed E-state index contributed by atoms with van der Waals surface area (Å²) in [6.45, 7) is 2.09. The predicted molar refractivity (Wildman–Crippen MR) is 96.2 cm³/mol. The molecule has 1 aromatic heterocycles. The van der Waals surface area contributed by atoms with Crippen LogP contribution in [0.5, 0.6) is 0 Å². The minimum Gasteiger partial charge on any atom is -0.366 e. The zero-order valence-corrected chi connectivity index (χ0v) is 14.0. The van der Waals surface area contributed by atoms with Crippen LogP contribution in [-0.4, -0.2) is 14.8 Å². The van der Waals surface area contributed by atoms with Gasteiger partial charge in [0.15, 0.2) is 0 Å². The van der Waals surface area contributed by atoms with Gasteiger partial charge in [0, 0.05) is 5.02 Å². The first-order valence-corrected chi connectivity index (χ1v) is 8.29. The van der Waals surface area contributed by atoms with Crippen molar-refractivity contribution in [2.24, 2.45) is 0 Å². The van der Waals surface area contributed by atoms with Crippen molar-refractivity contribution in [3.05, 3.63) is 70.2 Å². The molecule has 1 aliphatic rings. The van der Waals surface area contributed by atoms with Crippen molar-refractivity contribution >= 4 is 23.5 Å². The second kappa shape index (κ2) is 5.83. The lowest BCUT2D eigenvalue weighted by Crippen LogP contribution is -2.28. The van der Waals surface area contributed by atoms with Crippen molar-refractivity contribution in [2.45, 2.75) is 25.4 Å². The largest absolute Gasteiger partial charge is 0.366 e. The first kappa shape index (κ1) is 15.0. The third-order valence-corrected chi connectivity index (χ3v) is 4.76. The Labute approximate surface area is 145 Å². The van der Waals surface area contributed by atoms with E-state index in [0.29, 0.717) is 5.95 Å². The maximum Gasteiger partial charge on any atom is 0.241 e. The van der Waals surface area contributed by atoms with Crippen LogP contribution in [0.3, 0.4) is 0 Å². The van der Waals surface area contributed by atoms with Crippen molar-refractivity contribution in [2.75, 3.05) is 11.1 Å². The Kier molecular flexibility index (Phi) is 3.65. The summed E-state index contributed by atoms with van der Waals surface area (Å²) < 4.78 is 1.87. The van der Waals surface area contributed by atoms with Gasteiger partial charge in [-0.3, -0.25) is 0 Å². The number of rotatable bonds is 2. The van der Waals surface area contributed by atoms with E-state index in [9.17, 15) is 0 Å². The number of anilines is 2. The van der Waals surface area contributed by atoms with E-state index in [1.54, 1.807) is 0 Å². The number of hydrogen-bond acceptors (Lipinski definition) is 4. The molecule has 0 bridgehead atoms. The number of halogens is 1. The molecule has 24 heavy (non-hydrogen) atoms. The zero-order chi connectivity index (χ0) is 16.7. The monoisotopic (exact) mass is 339 g/mol. The van der Waals surface area contributed by atoms with Gasteiger partial charge in [0.05, 0.1) is 12.1 Å². The molecule has 0 amide bonds. The molecule has 4 rings (SSSR count). The van der Waals surface area contributed by atoms with Gasteiger partial charge in [-0.1, -0.05) is 59.6 Å². The van der Waals surface area contributed by atoms with Crippen LogP contribution in [0.25, 0.3) is 0 Å². The smallest absolute Gasteiger partial charge is 0.241 e. The van der Waals surface area contributed by atoms with Crippen LogP contribution in [0.15, 0.2) is 48.5 Å². The number of aromatic nitrogens is 3. The van der Waals surface area contributed by atoms with Gasteiger partial charge in [0.1, 0.15) is 0 Å². The van der Waals surface area contributed by atoms with Gasteiger partial charge in [0.2, 0.25) is 11.9 Å². The number of aryl methyl sites for hydroxylation is 1. The van der Waals surface area contributed by atoms with Crippen molar-refractivity contribution in [3.63, 3.8) is 0 Å². The lowest BCUT2D eigenvalue weighted by atomic mass is 9.92. The lowest BCUT2D eigenvalue weighted by Gasteiger charge is -2.32. The van der Waals surface area contributed by atoms with Crippen LogP contribution in [-0.2, 0) is 0 Å². The lowest BCUT2D eigenvalue weighted by molar-refractivity contribution is 0.431. The molecule has 0 saturated carbocycles. The average Bonchev–Trinajstić information content (AvgIpc) is 2.94. The van der Waals surface area contributed by atoms with Crippen molar-refractivity contribution in [3.8, 4) is 0 Å². The van der Waals surface area contributed by atoms with Crippen LogP contribution in [0.1, 0.15) is 35.2 Å². The summed E-state index contributed by atoms with van der Waals surface area (Å²) in [4.78, 5) is 4.33. The Morgan fingerprint density at radius 3 is 2.83 bits per heavy atom. The molecule has 122 valence electrons. The highest BCUT2D eigenvalue weighted by molar-refractivity contribution is 6.31. The van der Waals surface area contributed by atoms with E-state index in [4.69, 9.17) is 17.3 Å². The van der Waals surface area contributed by atoms with Crippen LogP contribution in [0.2, 0.25) is 5.02 Å². The molecule has 2 atom stereocenters. The highest BCUT2D eigenvalue weighted by atomic mass is 35.5.